The quantitative estimate of drug-likeness (QED) is 0.533. The lowest BCUT2D eigenvalue weighted by molar-refractivity contribution is -0.0226. The van der Waals surface area contributed by atoms with Crippen LogP contribution in [0, 0.1) is 17.8 Å². The molecular weight excluding hydrogens is 328 g/mol. The van der Waals surface area contributed by atoms with E-state index < -0.39 is 5.60 Å². The Bertz CT molecular complexity index is 566. The zero-order valence-electron chi connectivity index (χ0n) is 19.3. The van der Waals surface area contributed by atoms with Gasteiger partial charge in [-0.25, -0.2) is 0 Å². The fourth-order valence-corrected chi connectivity index (χ4v) is 4.58. The van der Waals surface area contributed by atoms with E-state index in [1.165, 1.54) is 24.0 Å². The van der Waals surface area contributed by atoms with Crippen molar-refractivity contribution < 1.29 is 5.11 Å². The van der Waals surface area contributed by atoms with Crippen LogP contribution < -0.4 is 0 Å². The van der Waals surface area contributed by atoms with Gasteiger partial charge in [-0.05, 0) is 67.6 Å². The SMILES string of the molecule is C/C=C\C(=C/C)c1ccc(C2(O)CC3CCC2C3C)cc1.CC.CC.CC. The van der Waals surface area contributed by atoms with Crippen molar-refractivity contribution in [3.63, 3.8) is 0 Å². The predicted octanol–water partition coefficient (Wildman–Crippen LogP) is 8.00. The van der Waals surface area contributed by atoms with Crippen LogP contribution in [0.5, 0.6) is 0 Å². The lowest BCUT2D eigenvalue weighted by Crippen LogP contribution is -2.32. The fraction of sp³-hybridized carbons (Fsp3) is 0.615. The van der Waals surface area contributed by atoms with Gasteiger partial charge in [0, 0.05) is 0 Å². The van der Waals surface area contributed by atoms with E-state index in [9.17, 15) is 5.11 Å². The van der Waals surface area contributed by atoms with Crippen LogP contribution in [-0.2, 0) is 5.60 Å². The number of hydrogen-bond acceptors (Lipinski definition) is 1. The minimum atomic E-state index is -0.586. The molecule has 1 nitrogen and oxygen atoms in total. The van der Waals surface area contributed by atoms with Gasteiger partial charge < -0.3 is 5.11 Å². The van der Waals surface area contributed by atoms with Gasteiger partial charge in [-0.2, -0.15) is 0 Å². The van der Waals surface area contributed by atoms with Gasteiger partial charge in [-0.1, -0.05) is 91.0 Å². The summed E-state index contributed by atoms with van der Waals surface area (Å²) in [5.41, 5.74) is 2.98. The molecule has 154 valence electrons. The summed E-state index contributed by atoms with van der Waals surface area (Å²) in [5.74, 6) is 1.84. The molecular formula is C26H44O. The Kier molecular flexibility index (Phi) is 12.3. The first-order chi connectivity index (χ1) is 13.1. The van der Waals surface area contributed by atoms with E-state index in [0.29, 0.717) is 17.8 Å². The average Bonchev–Trinajstić information content (AvgIpc) is 3.23. The molecule has 0 spiro atoms. The smallest absolute Gasteiger partial charge is 0.0929 e. The summed E-state index contributed by atoms with van der Waals surface area (Å²) in [6, 6.07) is 8.57. The van der Waals surface area contributed by atoms with E-state index in [1.54, 1.807) is 0 Å². The highest BCUT2D eigenvalue weighted by molar-refractivity contribution is 5.73. The molecule has 2 aliphatic rings. The number of fused-ring (bicyclic) bond motifs is 2. The molecule has 2 saturated carbocycles. The Morgan fingerprint density at radius 1 is 0.963 bits per heavy atom. The Labute approximate surface area is 169 Å². The molecule has 1 aromatic rings. The van der Waals surface area contributed by atoms with Crippen molar-refractivity contribution in [2.75, 3.05) is 0 Å². The van der Waals surface area contributed by atoms with E-state index in [0.717, 1.165) is 12.0 Å². The van der Waals surface area contributed by atoms with Crippen molar-refractivity contribution >= 4 is 5.57 Å². The van der Waals surface area contributed by atoms with Crippen molar-refractivity contribution in [2.24, 2.45) is 17.8 Å². The Balaban J connectivity index is 0.00000103. The maximum absolute atomic E-state index is 11.2. The lowest BCUT2D eigenvalue weighted by atomic mass is 9.78. The molecule has 0 aliphatic heterocycles. The first-order valence-corrected chi connectivity index (χ1v) is 11.2. The Morgan fingerprint density at radius 2 is 1.52 bits per heavy atom. The number of benzene rings is 1. The second kappa shape index (κ2) is 12.9. The molecule has 27 heavy (non-hydrogen) atoms. The molecule has 1 aromatic carbocycles. The highest BCUT2D eigenvalue weighted by atomic mass is 16.3. The average molecular weight is 373 g/mol. The standard InChI is InChI=1S/C20H26O.3C2H6/c1-4-6-15(5-2)16-7-10-18(11-8-16)20(21)13-17-9-12-19(20)14(17)3;3*1-2/h4-8,10-11,14,17,19,21H,9,12-13H2,1-3H3;3*1-2H3/b6-4-,15-5+;;;. The van der Waals surface area contributed by atoms with Gasteiger partial charge >= 0.3 is 0 Å². The van der Waals surface area contributed by atoms with Crippen LogP contribution in [0.1, 0.15) is 92.7 Å². The number of allylic oxidation sites excluding steroid dienone is 4. The first-order valence-electron chi connectivity index (χ1n) is 11.2. The van der Waals surface area contributed by atoms with Gasteiger partial charge in [0.25, 0.3) is 0 Å². The zero-order valence-corrected chi connectivity index (χ0v) is 19.3. The summed E-state index contributed by atoms with van der Waals surface area (Å²) < 4.78 is 0. The molecule has 2 fully saturated rings. The normalized spacial score (nSPS) is 28.5. The van der Waals surface area contributed by atoms with Gasteiger partial charge in [0.15, 0.2) is 0 Å². The van der Waals surface area contributed by atoms with Crippen molar-refractivity contribution in [1.29, 1.82) is 0 Å². The third-order valence-electron chi connectivity index (χ3n) is 5.79. The summed E-state index contributed by atoms with van der Waals surface area (Å²) in [4.78, 5) is 0. The molecule has 2 aliphatic carbocycles. The van der Waals surface area contributed by atoms with E-state index in [-0.39, 0.29) is 0 Å². The fourth-order valence-electron chi connectivity index (χ4n) is 4.58. The lowest BCUT2D eigenvalue weighted by Gasteiger charge is -2.33. The Hall–Kier alpha value is -1.34. The monoisotopic (exact) mass is 372 g/mol. The van der Waals surface area contributed by atoms with Gasteiger partial charge in [0.05, 0.1) is 5.60 Å². The summed E-state index contributed by atoms with van der Waals surface area (Å²) >= 11 is 0. The van der Waals surface area contributed by atoms with Crippen LogP contribution in [-0.4, -0.2) is 5.11 Å². The van der Waals surface area contributed by atoms with E-state index >= 15 is 0 Å². The topological polar surface area (TPSA) is 20.2 Å². The molecule has 0 heterocycles. The van der Waals surface area contributed by atoms with Crippen LogP contribution in [0.2, 0.25) is 0 Å². The molecule has 1 N–H and O–H groups in total. The second-order valence-corrected chi connectivity index (χ2v) is 6.75. The van der Waals surface area contributed by atoms with Crippen molar-refractivity contribution in [3.05, 3.63) is 53.6 Å². The predicted molar refractivity (Wildman–Crippen MR) is 123 cm³/mol. The molecule has 4 unspecified atom stereocenters. The third-order valence-corrected chi connectivity index (χ3v) is 5.79. The summed E-state index contributed by atoms with van der Waals surface area (Å²) in [5, 5.41) is 11.2. The van der Waals surface area contributed by atoms with Gasteiger partial charge in [-0.15, -0.1) is 0 Å². The van der Waals surface area contributed by atoms with Gasteiger partial charge in [-0.3, -0.25) is 0 Å². The largest absolute Gasteiger partial charge is 0.385 e. The molecule has 4 atom stereocenters. The molecule has 3 rings (SSSR count). The van der Waals surface area contributed by atoms with Crippen LogP contribution in [0.25, 0.3) is 5.57 Å². The number of rotatable bonds is 3. The maximum Gasteiger partial charge on any atom is 0.0929 e. The van der Waals surface area contributed by atoms with E-state index in [2.05, 4.69) is 56.3 Å². The van der Waals surface area contributed by atoms with E-state index in [4.69, 9.17) is 0 Å². The first kappa shape index (κ1) is 25.7. The molecule has 0 amide bonds. The molecule has 0 aromatic heterocycles. The van der Waals surface area contributed by atoms with Crippen molar-refractivity contribution in [1.82, 2.24) is 0 Å². The molecule has 0 saturated heterocycles. The number of hydrogen-bond donors (Lipinski definition) is 1. The van der Waals surface area contributed by atoms with E-state index in [1.807, 2.05) is 48.5 Å². The zero-order chi connectivity index (χ0) is 21.0. The van der Waals surface area contributed by atoms with Gasteiger partial charge in [0.1, 0.15) is 0 Å². The molecule has 2 bridgehead atoms. The Morgan fingerprint density at radius 3 is 1.89 bits per heavy atom. The summed E-state index contributed by atoms with van der Waals surface area (Å²) in [7, 11) is 0. The van der Waals surface area contributed by atoms with Crippen LogP contribution in [0.15, 0.2) is 42.5 Å². The van der Waals surface area contributed by atoms with Crippen molar-refractivity contribution in [2.45, 2.75) is 87.2 Å². The summed E-state index contributed by atoms with van der Waals surface area (Å²) in [6.45, 7) is 18.4. The summed E-state index contributed by atoms with van der Waals surface area (Å²) in [6.07, 6.45) is 9.75. The third kappa shape index (κ3) is 5.57. The highest BCUT2D eigenvalue weighted by Crippen LogP contribution is 2.58. The van der Waals surface area contributed by atoms with Crippen molar-refractivity contribution in [3.8, 4) is 0 Å². The minimum Gasteiger partial charge on any atom is -0.385 e. The molecule has 0 radical (unpaired) electrons. The van der Waals surface area contributed by atoms with Gasteiger partial charge in [0.2, 0.25) is 0 Å². The number of aliphatic hydroxyl groups is 1. The van der Waals surface area contributed by atoms with Crippen LogP contribution in [0.3, 0.4) is 0 Å². The molecule has 1 heteroatoms. The highest BCUT2D eigenvalue weighted by Gasteiger charge is 2.55. The maximum atomic E-state index is 11.2. The van der Waals surface area contributed by atoms with Crippen LogP contribution in [0.4, 0.5) is 0 Å². The minimum absolute atomic E-state index is 0.449. The van der Waals surface area contributed by atoms with Crippen LogP contribution >= 0.6 is 0 Å². The second-order valence-electron chi connectivity index (χ2n) is 6.75.